The molecule has 3 unspecified atom stereocenters. The molecule has 1 aromatic rings. The molecule has 0 radical (unpaired) electrons. The van der Waals surface area contributed by atoms with Crippen LogP contribution < -0.4 is 0 Å². The minimum Gasteiger partial charge on any atom is -0.392 e. The molecule has 0 bridgehead atoms. The van der Waals surface area contributed by atoms with E-state index in [9.17, 15) is 5.11 Å². The molecule has 1 N–H and O–H groups in total. The van der Waals surface area contributed by atoms with Gasteiger partial charge in [0.25, 0.3) is 0 Å². The van der Waals surface area contributed by atoms with E-state index in [1.54, 1.807) is 0 Å². The van der Waals surface area contributed by atoms with Gasteiger partial charge in [-0.3, -0.25) is 0 Å². The van der Waals surface area contributed by atoms with Gasteiger partial charge in [0.2, 0.25) is 0 Å². The highest BCUT2D eigenvalue weighted by Gasteiger charge is 2.28. The molecule has 1 aliphatic rings. The minimum atomic E-state index is -0.283. The Morgan fingerprint density at radius 3 is 2.67 bits per heavy atom. The van der Waals surface area contributed by atoms with Crippen molar-refractivity contribution in [2.45, 2.75) is 25.4 Å². The van der Waals surface area contributed by atoms with E-state index in [4.69, 9.17) is 4.74 Å². The van der Waals surface area contributed by atoms with Gasteiger partial charge in [-0.25, -0.2) is 0 Å². The first-order valence-electron chi connectivity index (χ1n) is 5.60. The highest BCUT2D eigenvalue weighted by Crippen LogP contribution is 2.28. The Hall–Kier alpha value is -0.860. The summed E-state index contributed by atoms with van der Waals surface area (Å²) in [6.07, 6.45) is 0.702. The average Bonchev–Trinajstić information content (AvgIpc) is 2.82. The summed E-state index contributed by atoms with van der Waals surface area (Å²) in [6, 6.07) is 10.2. The quantitative estimate of drug-likeness (QED) is 0.821. The molecule has 3 atom stereocenters. The molecule has 0 spiro atoms. The zero-order valence-corrected chi connectivity index (χ0v) is 9.10. The first kappa shape index (κ1) is 10.7. The van der Waals surface area contributed by atoms with Gasteiger partial charge in [-0.2, -0.15) is 0 Å². The summed E-state index contributed by atoms with van der Waals surface area (Å²) in [7, 11) is 0. The molecule has 1 fully saturated rings. The lowest BCUT2D eigenvalue weighted by Crippen LogP contribution is -2.26. The number of aliphatic hydroxyl groups is 1. The molecular formula is C13H18O2. The van der Waals surface area contributed by atoms with Crippen LogP contribution in [0.3, 0.4) is 0 Å². The van der Waals surface area contributed by atoms with Crippen LogP contribution >= 0.6 is 0 Å². The molecule has 82 valence electrons. The van der Waals surface area contributed by atoms with Crippen LogP contribution in [0.4, 0.5) is 0 Å². The molecular weight excluding hydrogens is 188 g/mol. The Balaban J connectivity index is 2.03. The smallest absolute Gasteiger partial charge is 0.0657 e. The first-order chi connectivity index (χ1) is 7.29. The van der Waals surface area contributed by atoms with Crippen molar-refractivity contribution in [2.75, 3.05) is 13.2 Å². The van der Waals surface area contributed by atoms with Crippen molar-refractivity contribution in [1.29, 1.82) is 0 Å². The second-order valence-corrected chi connectivity index (χ2v) is 4.31. The fraction of sp³-hybridized carbons (Fsp3) is 0.538. The molecule has 1 saturated heterocycles. The van der Waals surface area contributed by atoms with Gasteiger partial charge in [-0.15, -0.1) is 0 Å². The summed E-state index contributed by atoms with van der Waals surface area (Å²) in [4.78, 5) is 0. The second kappa shape index (κ2) is 4.77. The largest absolute Gasteiger partial charge is 0.392 e. The van der Waals surface area contributed by atoms with E-state index < -0.39 is 0 Å². The average molecular weight is 206 g/mol. The molecule has 0 saturated carbocycles. The van der Waals surface area contributed by atoms with Gasteiger partial charge >= 0.3 is 0 Å². The number of ether oxygens (including phenoxy) is 1. The van der Waals surface area contributed by atoms with Crippen LogP contribution in [0.1, 0.15) is 24.8 Å². The Labute approximate surface area is 90.9 Å². The summed E-state index contributed by atoms with van der Waals surface area (Å²) in [5, 5.41) is 10.2. The standard InChI is InChI=1S/C13H18O2/c1-10(11-5-3-2-4-6-11)13(14)12-7-8-15-9-12/h2-6,10,12-14H,7-9H2,1H3. The third-order valence-corrected chi connectivity index (χ3v) is 3.29. The molecule has 2 rings (SSSR count). The van der Waals surface area contributed by atoms with Gasteiger partial charge in [0.05, 0.1) is 12.7 Å². The predicted octanol–water partition coefficient (Wildman–Crippen LogP) is 2.19. The zero-order valence-electron chi connectivity index (χ0n) is 9.10. The summed E-state index contributed by atoms with van der Waals surface area (Å²) < 4.78 is 5.30. The monoisotopic (exact) mass is 206 g/mol. The fourth-order valence-electron chi connectivity index (χ4n) is 2.18. The molecule has 2 heteroatoms. The van der Waals surface area contributed by atoms with Crippen LogP contribution in [0.5, 0.6) is 0 Å². The Morgan fingerprint density at radius 1 is 1.33 bits per heavy atom. The maximum Gasteiger partial charge on any atom is 0.0657 e. The summed E-state index contributed by atoms with van der Waals surface area (Å²) in [5.74, 6) is 0.498. The van der Waals surface area contributed by atoms with Crippen molar-refractivity contribution >= 4 is 0 Å². The van der Waals surface area contributed by atoms with Crippen LogP contribution in [0, 0.1) is 5.92 Å². The predicted molar refractivity (Wildman–Crippen MR) is 59.8 cm³/mol. The van der Waals surface area contributed by atoms with Crippen LogP contribution in [-0.2, 0) is 4.74 Å². The number of hydrogen-bond acceptors (Lipinski definition) is 2. The lowest BCUT2D eigenvalue weighted by atomic mass is 9.87. The molecule has 1 aromatic carbocycles. The maximum atomic E-state index is 10.2. The van der Waals surface area contributed by atoms with Gasteiger partial charge < -0.3 is 9.84 Å². The lowest BCUT2D eigenvalue weighted by Gasteiger charge is -2.23. The van der Waals surface area contributed by atoms with Gasteiger partial charge in [0.1, 0.15) is 0 Å². The minimum absolute atomic E-state index is 0.192. The van der Waals surface area contributed by atoms with E-state index in [1.165, 1.54) is 5.56 Å². The van der Waals surface area contributed by atoms with E-state index in [-0.39, 0.29) is 12.0 Å². The van der Waals surface area contributed by atoms with Gasteiger partial charge in [0, 0.05) is 18.4 Å². The summed E-state index contributed by atoms with van der Waals surface area (Å²) in [6.45, 7) is 3.58. The maximum absolute atomic E-state index is 10.2. The highest BCUT2D eigenvalue weighted by atomic mass is 16.5. The summed E-state index contributed by atoms with van der Waals surface area (Å²) in [5.41, 5.74) is 1.21. The number of benzene rings is 1. The van der Waals surface area contributed by atoms with Crippen LogP contribution in [0.25, 0.3) is 0 Å². The van der Waals surface area contributed by atoms with Crippen molar-refractivity contribution in [3.8, 4) is 0 Å². The van der Waals surface area contributed by atoms with E-state index in [0.717, 1.165) is 13.0 Å². The molecule has 1 heterocycles. The fourth-order valence-corrected chi connectivity index (χ4v) is 2.18. The highest BCUT2D eigenvalue weighted by molar-refractivity contribution is 5.20. The van der Waals surface area contributed by atoms with E-state index in [1.807, 2.05) is 18.2 Å². The summed E-state index contributed by atoms with van der Waals surface area (Å²) >= 11 is 0. The SMILES string of the molecule is CC(c1ccccc1)C(O)C1CCOC1. The van der Waals surface area contributed by atoms with Crippen molar-refractivity contribution in [2.24, 2.45) is 5.92 Å². The molecule has 0 aromatic heterocycles. The second-order valence-electron chi connectivity index (χ2n) is 4.31. The van der Waals surface area contributed by atoms with Gasteiger partial charge in [-0.1, -0.05) is 37.3 Å². The van der Waals surface area contributed by atoms with Crippen LogP contribution in [0.15, 0.2) is 30.3 Å². The molecule has 15 heavy (non-hydrogen) atoms. The Kier molecular flexibility index (Phi) is 3.39. The first-order valence-corrected chi connectivity index (χ1v) is 5.60. The van der Waals surface area contributed by atoms with Crippen LogP contribution in [-0.4, -0.2) is 24.4 Å². The molecule has 2 nitrogen and oxygen atoms in total. The van der Waals surface area contributed by atoms with Gasteiger partial charge in [-0.05, 0) is 12.0 Å². The third-order valence-electron chi connectivity index (χ3n) is 3.29. The van der Waals surface area contributed by atoms with Crippen LogP contribution in [0.2, 0.25) is 0 Å². The Bertz CT molecular complexity index is 291. The molecule has 1 aliphatic heterocycles. The Morgan fingerprint density at radius 2 is 2.07 bits per heavy atom. The zero-order chi connectivity index (χ0) is 10.7. The number of aliphatic hydroxyl groups excluding tert-OH is 1. The van der Waals surface area contributed by atoms with E-state index in [0.29, 0.717) is 12.5 Å². The number of hydrogen-bond donors (Lipinski definition) is 1. The lowest BCUT2D eigenvalue weighted by molar-refractivity contribution is 0.0737. The normalized spacial score (nSPS) is 25.1. The van der Waals surface area contributed by atoms with Crippen molar-refractivity contribution in [1.82, 2.24) is 0 Å². The van der Waals surface area contributed by atoms with Crippen molar-refractivity contribution in [3.05, 3.63) is 35.9 Å². The topological polar surface area (TPSA) is 29.5 Å². The molecule has 0 aliphatic carbocycles. The number of rotatable bonds is 3. The third kappa shape index (κ3) is 2.39. The van der Waals surface area contributed by atoms with Crippen molar-refractivity contribution < 1.29 is 9.84 Å². The molecule has 0 amide bonds. The van der Waals surface area contributed by atoms with E-state index in [2.05, 4.69) is 19.1 Å². The van der Waals surface area contributed by atoms with Crippen molar-refractivity contribution in [3.63, 3.8) is 0 Å². The van der Waals surface area contributed by atoms with Gasteiger partial charge in [0.15, 0.2) is 0 Å². The van der Waals surface area contributed by atoms with E-state index >= 15 is 0 Å².